The van der Waals surface area contributed by atoms with E-state index in [0.717, 1.165) is 12.8 Å². The fourth-order valence-electron chi connectivity index (χ4n) is 2.77. The van der Waals surface area contributed by atoms with Crippen molar-refractivity contribution in [2.24, 2.45) is 0 Å². The van der Waals surface area contributed by atoms with Crippen molar-refractivity contribution in [3.8, 4) is 0 Å². The second-order valence-electron chi connectivity index (χ2n) is 6.33. The Morgan fingerprint density at radius 3 is 1.14 bits per heavy atom. The average molecular weight is 365 g/mol. The molecule has 0 aromatic rings. The van der Waals surface area contributed by atoms with E-state index in [1.807, 2.05) is 0 Å². The summed E-state index contributed by atoms with van der Waals surface area (Å²) in [5.41, 5.74) is 0. The molecule has 1 unspecified atom stereocenters. The standard InChI is InChI=1S/C18H38O2Se/c1-2-3-4-5-6-7-8-9-10-11-12-13-14-15-16-17-18-21(19)20/h2-18H2,1H3,(H,19,20). The van der Waals surface area contributed by atoms with Crippen molar-refractivity contribution in [2.75, 3.05) is 0 Å². The van der Waals surface area contributed by atoms with Crippen molar-refractivity contribution < 1.29 is 8.02 Å². The van der Waals surface area contributed by atoms with Gasteiger partial charge in [-0.05, 0) is 0 Å². The normalized spacial score (nSPS) is 12.7. The molecule has 0 radical (unpaired) electrons. The van der Waals surface area contributed by atoms with Gasteiger partial charge in [-0.1, -0.05) is 39.0 Å². The van der Waals surface area contributed by atoms with Gasteiger partial charge < -0.3 is 0 Å². The summed E-state index contributed by atoms with van der Waals surface area (Å²) in [6.07, 6.45) is 21.6. The Morgan fingerprint density at radius 1 is 0.571 bits per heavy atom. The van der Waals surface area contributed by atoms with Gasteiger partial charge in [0.25, 0.3) is 0 Å². The zero-order chi connectivity index (χ0) is 15.6. The molecule has 0 spiro atoms. The van der Waals surface area contributed by atoms with E-state index in [9.17, 15) is 3.83 Å². The molecule has 2 nitrogen and oxygen atoms in total. The fraction of sp³-hybridized carbons (Fsp3) is 1.00. The molecular formula is C18H38O2Se. The maximum absolute atomic E-state index is 10.6. The van der Waals surface area contributed by atoms with E-state index in [1.54, 1.807) is 0 Å². The molecule has 1 N–H and O–H groups in total. The summed E-state index contributed by atoms with van der Waals surface area (Å²) in [5.74, 6) is 0. The summed E-state index contributed by atoms with van der Waals surface area (Å²) in [6.45, 7) is 2.28. The Balaban J connectivity index is 2.95. The van der Waals surface area contributed by atoms with Crippen LogP contribution in [-0.2, 0) is 3.83 Å². The van der Waals surface area contributed by atoms with Crippen molar-refractivity contribution >= 4 is 14.2 Å². The summed E-state index contributed by atoms with van der Waals surface area (Å²) < 4.78 is 19.3. The minimum atomic E-state index is -2.40. The van der Waals surface area contributed by atoms with Crippen LogP contribution in [0.25, 0.3) is 0 Å². The van der Waals surface area contributed by atoms with Crippen LogP contribution in [0.2, 0.25) is 5.32 Å². The van der Waals surface area contributed by atoms with E-state index in [2.05, 4.69) is 6.92 Å². The number of rotatable bonds is 17. The van der Waals surface area contributed by atoms with Crippen molar-refractivity contribution in [2.45, 2.75) is 115 Å². The van der Waals surface area contributed by atoms with Crippen LogP contribution in [0.4, 0.5) is 0 Å². The number of hydrogen-bond donors (Lipinski definition) is 1. The third-order valence-corrected chi connectivity index (χ3v) is 5.51. The zero-order valence-corrected chi connectivity index (χ0v) is 16.0. The number of unbranched alkanes of at least 4 members (excludes halogenated alkanes) is 15. The molecule has 0 fully saturated rings. The first-order chi connectivity index (χ1) is 10.3. The monoisotopic (exact) mass is 366 g/mol. The van der Waals surface area contributed by atoms with Gasteiger partial charge >= 0.3 is 98.1 Å². The van der Waals surface area contributed by atoms with Gasteiger partial charge in [-0.25, -0.2) is 0 Å². The third-order valence-electron chi connectivity index (χ3n) is 4.17. The Hall–Kier alpha value is 0.279. The van der Waals surface area contributed by atoms with E-state index in [0.29, 0.717) is 5.32 Å². The molecule has 0 bridgehead atoms. The second-order valence-corrected chi connectivity index (χ2v) is 8.53. The van der Waals surface area contributed by atoms with Crippen LogP contribution >= 0.6 is 0 Å². The molecule has 0 saturated carbocycles. The van der Waals surface area contributed by atoms with Crippen molar-refractivity contribution in [3.63, 3.8) is 0 Å². The van der Waals surface area contributed by atoms with E-state index in [4.69, 9.17) is 4.19 Å². The topological polar surface area (TPSA) is 37.3 Å². The van der Waals surface area contributed by atoms with Gasteiger partial charge in [-0.2, -0.15) is 0 Å². The molecule has 128 valence electrons. The Bertz CT molecular complexity index is 219. The van der Waals surface area contributed by atoms with Crippen LogP contribution in [0.1, 0.15) is 110 Å². The Labute approximate surface area is 137 Å². The molecule has 0 aromatic carbocycles. The first-order valence-electron chi connectivity index (χ1n) is 9.35. The second kappa shape index (κ2) is 18.3. The summed E-state index contributed by atoms with van der Waals surface area (Å²) >= 11 is -2.40. The van der Waals surface area contributed by atoms with E-state index >= 15 is 0 Å². The SMILES string of the molecule is CCCCCCCCCCCCCCCCCC[Se](=O)O. The summed E-state index contributed by atoms with van der Waals surface area (Å²) in [5, 5.41) is 0.554. The Morgan fingerprint density at radius 2 is 0.857 bits per heavy atom. The van der Waals surface area contributed by atoms with Gasteiger partial charge in [0, 0.05) is 0 Å². The summed E-state index contributed by atoms with van der Waals surface area (Å²) in [7, 11) is 0. The quantitative estimate of drug-likeness (QED) is 0.248. The molecular weight excluding hydrogens is 327 g/mol. The summed E-state index contributed by atoms with van der Waals surface area (Å²) in [4.78, 5) is 0. The molecule has 21 heavy (non-hydrogen) atoms. The van der Waals surface area contributed by atoms with E-state index in [1.165, 1.54) is 89.9 Å². The minimum absolute atomic E-state index is 0.554. The van der Waals surface area contributed by atoms with Gasteiger partial charge in [0.15, 0.2) is 0 Å². The van der Waals surface area contributed by atoms with Crippen LogP contribution in [-0.4, -0.2) is 18.4 Å². The van der Waals surface area contributed by atoms with Crippen molar-refractivity contribution in [3.05, 3.63) is 0 Å². The predicted molar refractivity (Wildman–Crippen MR) is 93.0 cm³/mol. The number of hydrogen-bond acceptors (Lipinski definition) is 1. The molecule has 0 aliphatic carbocycles. The first kappa shape index (κ1) is 21.3. The van der Waals surface area contributed by atoms with Gasteiger partial charge in [-0.15, -0.1) is 0 Å². The molecule has 0 rings (SSSR count). The average Bonchev–Trinajstić information content (AvgIpc) is 2.46. The first-order valence-corrected chi connectivity index (χ1v) is 12.0. The predicted octanol–water partition coefficient (Wildman–Crippen LogP) is 6.16. The molecule has 0 aliphatic rings. The van der Waals surface area contributed by atoms with Crippen molar-refractivity contribution in [1.29, 1.82) is 0 Å². The van der Waals surface area contributed by atoms with Gasteiger partial charge in [-0.3, -0.25) is 0 Å². The zero-order valence-electron chi connectivity index (χ0n) is 14.3. The van der Waals surface area contributed by atoms with Crippen LogP contribution in [0, 0.1) is 0 Å². The van der Waals surface area contributed by atoms with E-state index < -0.39 is 14.2 Å². The molecule has 0 aromatic heterocycles. The van der Waals surface area contributed by atoms with E-state index in [-0.39, 0.29) is 0 Å². The summed E-state index contributed by atoms with van der Waals surface area (Å²) in [6, 6.07) is 0. The fourth-order valence-corrected chi connectivity index (χ4v) is 3.72. The van der Waals surface area contributed by atoms with Crippen LogP contribution in [0.15, 0.2) is 0 Å². The van der Waals surface area contributed by atoms with Crippen molar-refractivity contribution in [1.82, 2.24) is 0 Å². The Kier molecular flexibility index (Phi) is 18.6. The van der Waals surface area contributed by atoms with Gasteiger partial charge in [0.05, 0.1) is 0 Å². The molecule has 0 aliphatic heterocycles. The molecule has 0 heterocycles. The molecule has 1 atom stereocenters. The molecule has 0 saturated heterocycles. The third kappa shape index (κ3) is 20.3. The molecule has 0 amide bonds. The molecule has 3 heteroatoms. The van der Waals surface area contributed by atoms with Crippen LogP contribution in [0.5, 0.6) is 0 Å². The van der Waals surface area contributed by atoms with Gasteiger partial charge in [0.2, 0.25) is 0 Å². The van der Waals surface area contributed by atoms with Crippen LogP contribution < -0.4 is 0 Å². The van der Waals surface area contributed by atoms with Gasteiger partial charge in [0.1, 0.15) is 0 Å². The van der Waals surface area contributed by atoms with Crippen LogP contribution in [0.3, 0.4) is 0 Å². The maximum atomic E-state index is 10.6.